The molecule has 1 saturated heterocycles. The summed E-state index contributed by atoms with van der Waals surface area (Å²) < 4.78 is 29.6. The van der Waals surface area contributed by atoms with Crippen LogP contribution in [0.2, 0.25) is 0 Å². The van der Waals surface area contributed by atoms with Crippen LogP contribution in [-0.2, 0) is 17.9 Å². The zero-order valence-electron chi connectivity index (χ0n) is 17.6. The minimum Gasteiger partial charge on any atom is -0.348 e. The van der Waals surface area contributed by atoms with Gasteiger partial charge in [0.25, 0.3) is 5.56 Å². The van der Waals surface area contributed by atoms with Crippen LogP contribution in [0.4, 0.5) is 19.6 Å². The number of anilines is 2. The number of benzene rings is 1. The van der Waals surface area contributed by atoms with Crippen molar-refractivity contribution in [1.29, 1.82) is 0 Å². The van der Waals surface area contributed by atoms with E-state index in [1.165, 1.54) is 11.3 Å². The molecule has 1 aromatic carbocycles. The van der Waals surface area contributed by atoms with Crippen LogP contribution in [0.5, 0.6) is 0 Å². The average molecular weight is 464 g/mol. The molecule has 0 saturated carbocycles. The molecule has 0 radical (unpaired) electrons. The summed E-state index contributed by atoms with van der Waals surface area (Å²) >= 11 is 1.22. The Morgan fingerprint density at radius 2 is 1.91 bits per heavy atom. The lowest BCUT2D eigenvalue weighted by Gasteiger charge is -2.25. The lowest BCUT2D eigenvalue weighted by Crippen LogP contribution is -2.41. The topological polar surface area (TPSA) is 89.2 Å². The molecule has 1 aliphatic heterocycles. The summed E-state index contributed by atoms with van der Waals surface area (Å²) in [6, 6.07) is 2.79. The van der Waals surface area contributed by atoms with Gasteiger partial charge in [-0.15, -0.1) is 0 Å². The molecule has 32 heavy (non-hydrogen) atoms. The van der Waals surface area contributed by atoms with Gasteiger partial charge < -0.3 is 10.2 Å². The summed E-state index contributed by atoms with van der Waals surface area (Å²) in [7, 11) is 0. The molecule has 1 aliphatic rings. The number of hydrogen-bond donors (Lipinski definition) is 1. The van der Waals surface area contributed by atoms with Gasteiger partial charge in [0.1, 0.15) is 22.9 Å². The van der Waals surface area contributed by atoms with Crippen LogP contribution in [0.25, 0.3) is 10.3 Å². The standard InChI is InChI=1S/C21H23F2N5O3S/c1-2-8-27-19(30)17-18(25-20(32-17)26-9-4-3-5-10-26)28(21(27)31)12-16(29)24-15-7-6-13(22)11-14(15)23/h6-7,11H,2-5,8-10,12H2,1H3,(H,24,29). The molecular formula is C21H23F2N5O3S. The van der Waals surface area contributed by atoms with Gasteiger partial charge in [-0.25, -0.2) is 18.6 Å². The number of halogens is 2. The molecule has 4 rings (SSSR count). The molecule has 0 atom stereocenters. The van der Waals surface area contributed by atoms with Gasteiger partial charge in [-0.2, -0.15) is 0 Å². The Hall–Kier alpha value is -3.08. The van der Waals surface area contributed by atoms with Gasteiger partial charge in [-0.1, -0.05) is 18.3 Å². The quantitative estimate of drug-likeness (QED) is 0.607. The second-order valence-corrected chi connectivity index (χ2v) is 8.67. The number of hydrogen-bond acceptors (Lipinski definition) is 6. The zero-order valence-corrected chi connectivity index (χ0v) is 18.4. The van der Waals surface area contributed by atoms with E-state index in [2.05, 4.69) is 15.2 Å². The van der Waals surface area contributed by atoms with Crippen molar-refractivity contribution in [2.24, 2.45) is 0 Å². The highest BCUT2D eigenvalue weighted by Crippen LogP contribution is 2.28. The third-order valence-electron chi connectivity index (χ3n) is 5.34. The first-order valence-electron chi connectivity index (χ1n) is 10.5. The van der Waals surface area contributed by atoms with E-state index in [1.54, 1.807) is 0 Å². The van der Waals surface area contributed by atoms with Crippen molar-refractivity contribution in [2.75, 3.05) is 23.3 Å². The van der Waals surface area contributed by atoms with Crippen molar-refractivity contribution < 1.29 is 13.6 Å². The van der Waals surface area contributed by atoms with Gasteiger partial charge >= 0.3 is 5.69 Å². The maximum atomic E-state index is 13.9. The number of aromatic nitrogens is 3. The zero-order chi connectivity index (χ0) is 22.8. The molecule has 1 amide bonds. The van der Waals surface area contributed by atoms with Crippen LogP contribution in [0, 0.1) is 11.6 Å². The molecule has 0 bridgehead atoms. The number of carbonyl (C=O) groups is 1. The summed E-state index contributed by atoms with van der Waals surface area (Å²) in [6.07, 6.45) is 3.74. The number of piperidine rings is 1. The molecule has 3 heterocycles. The van der Waals surface area contributed by atoms with Crippen molar-refractivity contribution >= 4 is 38.4 Å². The van der Waals surface area contributed by atoms with Gasteiger partial charge in [-0.3, -0.25) is 18.7 Å². The second kappa shape index (κ2) is 9.19. The number of fused-ring (bicyclic) bond motifs is 1. The monoisotopic (exact) mass is 463 g/mol. The number of amides is 1. The molecule has 1 N–H and O–H groups in total. The van der Waals surface area contributed by atoms with Crippen LogP contribution in [0.15, 0.2) is 27.8 Å². The molecule has 170 valence electrons. The van der Waals surface area contributed by atoms with Crippen molar-refractivity contribution in [3.05, 3.63) is 50.7 Å². The predicted octanol–water partition coefficient (Wildman–Crippen LogP) is 2.94. The van der Waals surface area contributed by atoms with Crippen molar-refractivity contribution in [3.63, 3.8) is 0 Å². The SMILES string of the molecule is CCCn1c(=O)c2sc(N3CCCCC3)nc2n(CC(=O)Nc2ccc(F)cc2F)c1=O. The molecule has 8 nitrogen and oxygen atoms in total. The van der Waals surface area contributed by atoms with Crippen LogP contribution in [0.1, 0.15) is 32.6 Å². The van der Waals surface area contributed by atoms with Gasteiger partial charge in [0.05, 0.1) is 5.69 Å². The van der Waals surface area contributed by atoms with E-state index in [-0.39, 0.29) is 17.9 Å². The third kappa shape index (κ3) is 4.29. The highest BCUT2D eigenvalue weighted by Gasteiger charge is 2.22. The fourth-order valence-electron chi connectivity index (χ4n) is 3.78. The fourth-order valence-corrected chi connectivity index (χ4v) is 4.85. The summed E-state index contributed by atoms with van der Waals surface area (Å²) in [5.41, 5.74) is -1.12. The van der Waals surface area contributed by atoms with E-state index in [9.17, 15) is 23.2 Å². The number of rotatable bonds is 6. The lowest BCUT2D eigenvalue weighted by atomic mass is 10.1. The molecule has 11 heteroatoms. The van der Waals surface area contributed by atoms with Crippen LogP contribution >= 0.6 is 11.3 Å². The Morgan fingerprint density at radius 1 is 1.16 bits per heavy atom. The van der Waals surface area contributed by atoms with E-state index in [0.717, 1.165) is 53.6 Å². The molecule has 0 spiro atoms. The van der Waals surface area contributed by atoms with E-state index in [4.69, 9.17) is 0 Å². The summed E-state index contributed by atoms with van der Waals surface area (Å²) in [5, 5.41) is 2.99. The molecule has 1 fully saturated rings. The van der Waals surface area contributed by atoms with Gasteiger partial charge in [0.15, 0.2) is 10.8 Å². The van der Waals surface area contributed by atoms with E-state index in [1.807, 2.05) is 6.92 Å². The van der Waals surface area contributed by atoms with Crippen molar-refractivity contribution in [2.45, 2.75) is 45.7 Å². The minimum atomic E-state index is -0.923. The Morgan fingerprint density at radius 3 is 2.59 bits per heavy atom. The first-order valence-corrected chi connectivity index (χ1v) is 11.3. The lowest BCUT2D eigenvalue weighted by molar-refractivity contribution is -0.116. The molecule has 3 aromatic rings. The van der Waals surface area contributed by atoms with E-state index in [0.29, 0.717) is 22.3 Å². The highest BCUT2D eigenvalue weighted by molar-refractivity contribution is 7.22. The fraction of sp³-hybridized carbons (Fsp3) is 0.429. The first kappa shape index (κ1) is 22.1. The Bertz CT molecular complexity index is 1280. The molecule has 0 aliphatic carbocycles. The minimum absolute atomic E-state index is 0.146. The summed E-state index contributed by atoms with van der Waals surface area (Å²) in [6.45, 7) is 3.23. The van der Waals surface area contributed by atoms with Crippen molar-refractivity contribution in [1.82, 2.24) is 14.1 Å². The smallest absolute Gasteiger partial charge is 0.333 e. The maximum Gasteiger partial charge on any atom is 0.333 e. The summed E-state index contributed by atoms with van der Waals surface area (Å²) in [5.74, 6) is -2.38. The number of thiazole rings is 1. The van der Waals surface area contributed by atoms with Gasteiger partial charge in [0, 0.05) is 25.7 Å². The number of nitrogens with zero attached hydrogens (tertiary/aromatic N) is 4. The second-order valence-electron chi connectivity index (χ2n) is 7.69. The first-order chi connectivity index (χ1) is 15.4. The largest absolute Gasteiger partial charge is 0.348 e. The number of carbonyl (C=O) groups excluding carboxylic acids is 1. The van der Waals surface area contributed by atoms with Crippen LogP contribution in [-0.4, -0.2) is 33.1 Å². The van der Waals surface area contributed by atoms with Crippen LogP contribution in [0.3, 0.4) is 0 Å². The van der Waals surface area contributed by atoms with E-state index < -0.39 is 35.3 Å². The molecule has 2 aromatic heterocycles. The van der Waals surface area contributed by atoms with E-state index >= 15 is 0 Å². The van der Waals surface area contributed by atoms with Crippen molar-refractivity contribution in [3.8, 4) is 0 Å². The van der Waals surface area contributed by atoms with Crippen LogP contribution < -0.4 is 21.5 Å². The highest BCUT2D eigenvalue weighted by atomic mass is 32.1. The Kier molecular flexibility index (Phi) is 6.35. The maximum absolute atomic E-state index is 13.9. The molecule has 0 unspecified atom stereocenters. The number of nitrogens with one attached hydrogen (secondary N) is 1. The third-order valence-corrected chi connectivity index (χ3v) is 6.43. The van der Waals surface area contributed by atoms with Gasteiger partial charge in [0.2, 0.25) is 5.91 Å². The van der Waals surface area contributed by atoms with Gasteiger partial charge in [-0.05, 0) is 37.8 Å². The Balaban J connectivity index is 1.74. The normalized spacial score (nSPS) is 14.2. The average Bonchev–Trinajstić information content (AvgIpc) is 3.22. The molecular weight excluding hydrogens is 440 g/mol. The summed E-state index contributed by atoms with van der Waals surface area (Å²) in [4.78, 5) is 45.3. The Labute approximate surface area is 186 Å². The predicted molar refractivity (Wildman–Crippen MR) is 119 cm³/mol.